The first-order chi connectivity index (χ1) is 7.25. The third-order valence-corrected chi connectivity index (χ3v) is 2.28. The van der Waals surface area contributed by atoms with Crippen LogP contribution in [0.1, 0.15) is 12.8 Å². The molecule has 0 aliphatic carbocycles. The van der Waals surface area contributed by atoms with Gasteiger partial charge in [0.2, 0.25) is 5.28 Å². The zero-order valence-corrected chi connectivity index (χ0v) is 8.70. The molecule has 0 bridgehead atoms. The molecule has 15 heavy (non-hydrogen) atoms. The normalized spacial score (nSPS) is 20.2. The number of amides is 1. The van der Waals surface area contributed by atoms with Crippen molar-refractivity contribution in [1.29, 1.82) is 0 Å². The van der Waals surface area contributed by atoms with E-state index in [4.69, 9.17) is 16.3 Å². The van der Waals surface area contributed by atoms with E-state index in [1.807, 2.05) is 0 Å². The molecule has 2 rings (SSSR count). The molecule has 0 saturated carbocycles. The average molecular weight is 228 g/mol. The van der Waals surface area contributed by atoms with Crippen LogP contribution >= 0.6 is 11.6 Å². The van der Waals surface area contributed by atoms with Crippen LogP contribution in [0.2, 0.25) is 5.28 Å². The fourth-order valence-corrected chi connectivity index (χ4v) is 1.54. The van der Waals surface area contributed by atoms with E-state index < -0.39 is 0 Å². The Balaban J connectivity index is 1.99. The highest BCUT2D eigenvalue weighted by molar-refractivity contribution is 6.28. The highest BCUT2D eigenvalue weighted by Gasteiger charge is 2.23. The minimum absolute atomic E-state index is 0.111. The Morgan fingerprint density at radius 3 is 3.20 bits per heavy atom. The molecule has 1 aliphatic heterocycles. The minimum atomic E-state index is -0.362. The summed E-state index contributed by atoms with van der Waals surface area (Å²) < 4.78 is 5.23. The van der Waals surface area contributed by atoms with E-state index in [2.05, 4.69) is 15.3 Å². The number of nitrogens with zero attached hydrogens (tertiary/aromatic N) is 2. The van der Waals surface area contributed by atoms with Crippen molar-refractivity contribution >= 4 is 23.3 Å². The number of aromatic nitrogens is 2. The maximum atomic E-state index is 11.6. The summed E-state index contributed by atoms with van der Waals surface area (Å²) in [6.07, 6.45) is 2.80. The molecule has 0 aromatic carbocycles. The molecule has 80 valence electrons. The second-order valence-electron chi connectivity index (χ2n) is 3.20. The van der Waals surface area contributed by atoms with Gasteiger partial charge in [-0.2, -0.15) is 0 Å². The second-order valence-corrected chi connectivity index (χ2v) is 3.54. The molecule has 1 unspecified atom stereocenters. The highest BCUT2D eigenvalue weighted by Crippen LogP contribution is 2.14. The van der Waals surface area contributed by atoms with Crippen molar-refractivity contribution in [2.24, 2.45) is 0 Å². The van der Waals surface area contributed by atoms with E-state index >= 15 is 0 Å². The molecule has 1 amide bonds. The van der Waals surface area contributed by atoms with E-state index in [0.717, 1.165) is 12.8 Å². The average Bonchev–Trinajstić information content (AvgIpc) is 2.70. The van der Waals surface area contributed by atoms with Crippen LogP contribution in [0.4, 0.5) is 5.82 Å². The number of hydrogen-bond donors (Lipinski definition) is 1. The molecular weight excluding hydrogens is 218 g/mol. The molecular formula is C9H10ClN3O2. The lowest BCUT2D eigenvalue weighted by Gasteiger charge is -2.09. The molecule has 1 N–H and O–H groups in total. The monoisotopic (exact) mass is 227 g/mol. The highest BCUT2D eigenvalue weighted by atomic mass is 35.5. The lowest BCUT2D eigenvalue weighted by atomic mass is 10.2. The summed E-state index contributed by atoms with van der Waals surface area (Å²) in [5.41, 5.74) is 0. The summed E-state index contributed by atoms with van der Waals surface area (Å²) in [5, 5.41) is 2.74. The Morgan fingerprint density at radius 2 is 2.53 bits per heavy atom. The van der Waals surface area contributed by atoms with Crippen molar-refractivity contribution in [3.05, 3.63) is 17.5 Å². The van der Waals surface area contributed by atoms with E-state index in [1.54, 1.807) is 6.07 Å². The first-order valence-electron chi connectivity index (χ1n) is 4.67. The van der Waals surface area contributed by atoms with Gasteiger partial charge in [-0.25, -0.2) is 9.97 Å². The Morgan fingerprint density at radius 1 is 1.67 bits per heavy atom. The van der Waals surface area contributed by atoms with Crippen molar-refractivity contribution in [3.8, 4) is 0 Å². The van der Waals surface area contributed by atoms with E-state index in [-0.39, 0.29) is 17.3 Å². The summed E-state index contributed by atoms with van der Waals surface area (Å²) in [6, 6.07) is 1.58. The van der Waals surface area contributed by atoms with Gasteiger partial charge in [-0.15, -0.1) is 0 Å². The topological polar surface area (TPSA) is 64.1 Å². The van der Waals surface area contributed by atoms with Crippen molar-refractivity contribution in [1.82, 2.24) is 9.97 Å². The summed E-state index contributed by atoms with van der Waals surface area (Å²) in [5.74, 6) is 0.220. The molecule has 1 fully saturated rings. The third-order valence-electron chi connectivity index (χ3n) is 2.10. The van der Waals surface area contributed by atoms with E-state index in [9.17, 15) is 4.79 Å². The van der Waals surface area contributed by atoms with Crippen LogP contribution in [0, 0.1) is 0 Å². The Hall–Kier alpha value is -1.20. The molecule has 1 aliphatic rings. The van der Waals surface area contributed by atoms with Gasteiger partial charge in [0.15, 0.2) is 0 Å². The van der Waals surface area contributed by atoms with Crippen LogP contribution in [0.15, 0.2) is 12.3 Å². The number of halogens is 1. The predicted molar refractivity (Wildman–Crippen MR) is 54.6 cm³/mol. The largest absolute Gasteiger partial charge is 0.368 e. The van der Waals surface area contributed by atoms with Crippen LogP contribution in [0.5, 0.6) is 0 Å². The smallest absolute Gasteiger partial charge is 0.254 e. The van der Waals surface area contributed by atoms with Gasteiger partial charge >= 0.3 is 0 Å². The van der Waals surface area contributed by atoms with Crippen molar-refractivity contribution < 1.29 is 9.53 Å². The molecule has 5 nitrogen and oxygen atoms in total. The Kier molecular flexibility index (Phi) is 3.13. The van der Waals surface area contributed by atoms with Gasteiger partial charge in [-0.3, -0.25) is 4.79 Å². The zero-order chi connectivity index (χ0) is 10.7. The van der Waals surface area contributed by atoms with Crippen molar-refractivity contribution in [2.75, 3.05) is 11.9 Å². The zero-order valence-electron chi connectivity index (χ0n) is 7.94. The minimum Gasteiger partial charge on any atom is -0.368 e. The maximum Gasteiger partial charge on any atom is 0.254 e. The van der Waals surface area contributed by atoms with Crippen LogP contribution in [0.3, 0.4) is 0 Å². The van der Waals surface area contributed by atoms with E-state index in [1.165, 1.54) is 6.20 Å². The van der Waals surface area contributed by atoms with Crippen LogP contribution < -0.4 is 5.32 Å². The Labute approximate surface area is 91.8 Å². The standard InChI is InChI=1S/C9H10ClN3O2/c10-9-11-4-3-7(13-9)12-8(14)6-2-1-5-15-6/h3-4,6H,1-2,5H2,(H,11,12,13,14). The lowest BCUT2D eigenvalue weighted by Crippen LogP contribution is -2.27. The molecule has 1 aromatic rings. The first-order valence-corrected chi connectivity index (χ1v) is 5.04. The first kappa shape index (κ1) is 10.3. The predicted octanol–water partition coefficient (Wildman–Crippen LogP) is 1.25. The van der Waals surface area contributed by atoms with Crippen molar-refractivity contribution in [3.63, 3.8) is 0 Å². The number of anilines is 1. The molecule has 1 aromatic heterocycles. The van der Waals surface area contributed by atoms with Gasteiger partial charge < -0.3 is 10.1 Å². The van der Waals surface area contributed by atoms with Crippen molar-refractivity contribution in [2.45, 2.75) is 18.9 Å². The fraction of sp³-hybridized carbons (Fsp3) is 0.444. The number of carbonyl (C=O) groups excluding carboxylic acids is 1. The Bertz CT molecular complexity index is 366. The van der Waals surface area contributed by atoms with Gasteiger partial charge in [0.1, 0.15) is 11.9 Å². The number of nitrogens with one attached hydrogen (secondary N) is 1. The van der Waals surface area contributed by atoms with Gasteiger partial charge in [0, 0.05) is 12.8 Å². The molecule has 1 atom stereocenters. The molecule has 1 saturated heterocycles. The lowest BCUT2D eigenvalue weighted by molar-refractivity contribution is -0.124. The molecule has 0 spiro atoms. The summed E-state index contributed by atoms with van der Waals surface area (Å²) >= 11 is 5.58. The van der Waals surface area contributed by atoms with Gasteiger partial charge in [0.05, 0.1) is 0 Å². The molecule has 6 heteroatoms. The quantitative estimate of drug-likeness (QED) is 0.773. The van der Waals surface area contributed by atoms with E-state index in [0.29, 0.717) is 12.4 Å². The second kappa shape index (κ2) is 4.55. The van der Waals surface area contributed by atoms with Gasteiger partial charge in [-0.05, 0) is 30.5 Å². The molecule has 2 heterocycles. The summed E-state index contributed by atoms with van der Waals surface area (Å²) in [4.78, 5) is 19.2. The van der Waals surface area contributed by atoms with Crippen LogP contribution in [-0.4, -0.2) is 28.6 Å². The number of hydrogen-bond acceptors (Lipinski definition) is 4. The fourth-order valence-electron chi connectivity index (χ4n) is 1.40. The maximum absolute atomic E-state index is 11.6. The molecule has 0 radical (unpaired) electrons. The third kappa shape index (κ3) is 2.64. The SMILES string of the molecule is O=C(Nc1ccnc(Cl)n1)C1CCCO1. The summed E-state index contributed by atoms with van der Waals surface area (Å²) in [7, 11) is 0. The van der Waals surface area contributed by atoms with Gasteiger partial charge in [-0.1, -0.05) is 0 Å². The number of rotatable bonds is 2. The summed E-state index contributed by atoms with van der Waals surface area (Å²) in [6.45, 7) is 0.641. The van der Waals surface area contributed by atoms with Crippen LogP contribution in [-0.2, 0) is 9.53 Å². The van der Waals surface area contributed by atoms with Gasteiger partial charge in [0.25, 0.3) is 5.91 Å². The number of ether oxygens (including phenoxy) is 1. The number of carbonyl (C=O) groups is 1. The van der Waals surface area contributed by atoms with Crippen LogP contribution in [0.25, 0.3) is 0 Å².